The van der Waals surface area contributed by atoms with Crippen LogP contribution in [0.15, 0.2) is 54.9 Å². The van der Waals surface area contributed by atoms with Crippen LogP contribution >= 0.6 is 0 Å². The number of pyridine rings is 1. The van der Waals surface area contributed by atoms with Gasteiger partial charge in [-0.25, -0.2) is 18.1 Å². The van der Waals surface area contributed by atoms with Crippen LogP contribution < -0.4 is 15.4 Å². The molecule has 10 nitrogen and oxygen atoms in total. The molecule has 0 fully saturated rings. The summed E-state index contributed by atoms with van der Waals surface area (Å²) in [5.41, 5.74) is -1.44. The van der Waals surface area contributed by atoms with Crippen molar-refractivity contribution in [3.05, 3.63) is 71.7 Å². The molecule has 0 atom stereocenters. The molecule has 3 rings (SSSR count). The van der Waals surface area contributed by atoms with Gasteiger partial charge in [0.05, 0.1) is 22.6 Å². The summed E-state index contributed by atoms with van der Waals surface area (Å²) in [6.45, 7) is 1.26. The van der Waals surface area contributed by atoms with Crippen molar-refractivity contribution < 1.29 is 35.9 Å². The van der Waals surface area contributed by atoms with E-state index in [0.717, 1.165) is 10.9 Å². The van der Waals surface area contributed by atoms with Crippen molar-refractivity contribution >= 4 is 21.7 Å². The second kappa shape index (κ2) is 11.9. The molecule has 0 radical (unpaired) electrons. The zero-order valence-electron chi connectivity index (χ0n) is 19.7. The summed E-state index contributed by atoms with van der Waals surface area (Å²) in [5, 5.41) is 8.38. The van der Waals surface area contributed by atoms with Gasteiger partial charge in [-0.15, -0.1) is 0 Å². The van der Waals surface area contributed by atoms with Crippen LogP contribution in [0.25, 0.3) is 5.69 Å². The van der Waals surface area contributed by atoms with E-state index in [-0.39, 0.29) is 42.6 Å². The molecule has 2 heterocycles. The lowest BCUT2D eigenvalue weighted by atomic mass is 10.2. The normalized spacial score (nSPS) is 11.7. The van der Waals surface area contributed by atoms with Gasteiger partial charge in [0.15, 0.2) is 15.5 Å². The number of para-hydroxylation sites is 1. The van der Waals surface area contributed by atoms with E-state index in [1.807, 2.05) is 0 Å². The van der Waals surface area contributed by atoms with Crippen LogP contribution in [0.4, 0.5) is 13.2 Å². The lowest BCUT2D eigenvalue weighted by Gasteiger charge is -2.09. The van der Waals surface area contributed by atoms with Crippen molar-refractivity contribution in [2.24, 2.45) is 0 Å². The monoisotopic (exact) mass is 539 g/mol. The molecule has 0 spiro atoms. The van der Waals surface area contributed by atoms with Crippen LogP contribution in [-0.4, -0.2) is 66.2 Å². The first kappa shape index (κ1) is 27.6. The molecule has 0 saturated carbocycles. The van der Waals surface area contributed by atoms with Gasteiger partial charge >= 0.3 is 6.18 Å². The molecular weight excluding hydrogens is 515 g/mol. The van der Waals surface area contributed by atoms with Gasteiger partial charge in [0.1, 0.15) is 6.61 Å². The maximum Gasteiger partial charge on any atom is 0.435 e. The van der Waals surface area contributed by atoms with E-state index in [1.165, 1.54) is 25.3 Å². The number of nitrogens with one attached hydrogen (secondary N) is 2. The van der Waals surface area contributed by atoms with E-state index in [9.17, 15) is 31.2 Å². The molecule has 198 valence electrons. The van der Waals surface area contributed by atoms with Crippen LogP contribution in [0.3, 0.4) is 0 Å². The fraction of sp³-hybridized carbons (Fsp3) is 0.304. The van der Waals surface area contributed by atoms with Crippen LogP contribution in [0.1, 0.15) is 33.3 Å². The number of ether oxygens (including phenoxy) is 1. The van der Waals surface area contributed by atoms with Crippen LogP contribution in [0.5, 0.6) is 5.88 Å². The standard InChI is InChI=1S/C23H24F3N5O5S/c1-2-37(34,35)13-12-36-19-9-8-16(14-29-19)21(32)27-10-11-28-22(33)18-15-31(17-6-4-3-5-7-17)30-20(18)23(24,25)26/h3-9,14-15H,2,10-13H2,1H3,(H,27,32)(H,28,33). The average molecular weight is 540 g/mol. The van der Waals surface area contributed by atoms with Gasteiger partial charge in [-0.3, -0.25) is 9.59 Å². The van der Waals surface area contributed by atoms with Crippen molar-refractivity contribution in [2.45, 2.75) is 13.1 Å². The van der Waals surface area contributed by atoms with Crippen molar-refractivity contribution in [3.8, 4) is 11.6 Å². The minimum Gasteiger partial charge on any atom is -0.477 e. The van der Waals surface area contributed by atoms with Crippen molar-refractivity contribution in [3.63, 3.8) is 0 Å². The van der Waals surface area contributed by atoms with E-state index in [0.29, 0.717) is 5.69 Å². The average Bonchev–Trinajstić information content (AvgIpc) is 3.34. The van der Waals surface area contributed by atoms with Gasteiger partial charge in [-0.1, -0.05) is 25.1 Å². The predicted octanol–water partition coefficient (Wildman–Crippen LogP) is 2.26. The molecule has 2 amide bonds. The molecule has 2 N–H and O–H groups in total. The van der Waals surface area contributed by atoms with E-state index in [2.05, 4.69) is 20.7 Å². The lowest BCUT2D eigenvalue weighted by molar-refractivity contribution is -0.141. The van der Waals surface area contributed by atoms with E-state index < -0.39 is 39.1 Å². The second-order valence-electron chi connectivity index (χ2n) is 7.65. The maximum absolute atomic E-state index is 13.4. The van der Waals surface area contributed by atoms with E-state index in [4.69, 9.17) is 4.74 Å². The first-order chi connectivity index (χ1) is 17.5. The van der Waals surface area contributed by atoms with E-state index >= 15 is 0 Å². The van der Waals surface area contributed by atoms with Gasteiger partial charge in [0.2, 0.25) is 5.88 Å². The van der Waals surface area contributed by atoms with Gasteiger partial charge in [0, 0.05) is 37.3 Å². The molecule has 3 aromatic rings. The minimum atomic E-state index is -4.84. The number of alkyl halides is 3. The number of nitrogens with zero attached hydrogens (tertiary/aromatic N) is 3. The smallest absolute Gasteiger partial charge is 0.435 e. The number of halogens is 3. The number of benzene rings is 1. The number of rotatable bonds is 11. The Morgan fingerprint density at radius 3 is 2.30 bits per heavy atom. The Kier molecular flexibility index (Phi) is 8.86. The summed E-state index contributed by atoms with van der Waals surface area (Å²) in [6.07, 6.45) is -2.61. The Morgan fingerprint density at radius 1 is 1.03 bits per heavy atom. The van der Waals surface area contributed by atoms with Crippen molar-refractivity contribution in [1.29, 1.82) is 0 Å². The number of aromatic nitrogens is 3. The van der Waals surface area contributed by atoms with Gasteiger partial charge in [-0.2, -0.15) is 18.3 Å². The molecule has 2 aromatic heterocycles. The number of carbonyl (C=O) groups excluding carboxylic acids is 2. The van der Waals surface area contributed by atoms with E-state index in [1.54, 1.807) is 30.3 Å². The van der Waals surface area contributed by atoms with Crippen LogP contribution in [0.2, 0.25) is 0 Å². The van der Waals surface area contributed by atoms with Crippen LogP contribution in [0, 0.1) is 0 Å². The summed E-state index contributed by atoms with van der Waals surface area (Å²) >= 11 is 0. The summed E-state index contributed by atoms with van der Waals surface area (Å²) in [4.78, 5) is 28.6. The van der Waals surface area contributed by atoms with Gasteiger partial charge in [-0.05, 0) is 18.2 Å². The summed E-state index contributed by atoms with van der Waals surface area (Å²) in [6, 6.07) is 10.9. The third kappa shape index (κ3) is 7.77. The summed E-state index contributed by atoms with van der Waals surface area (Å²) in [5.74, 6) is -1.53. The molecule has 0 aliphatic carbocycles. The molecule has 0 saturated heterocycles. The topological polar surface area (TPSA) is 132 Å². The summed E-state index contributed by atoms with van der Waals surface area (Å²) < 4.78 is 69.5. The largest absolute Gasteiger partial charge is 0.477 e. The molecule has 0 aliphatic heterocycles. The third-order valence-electron chi connectivity index (χ3n) is 5.03. The molecule has 0 aliphatic rings. The number of amides is 2. The number of hydrogen-bond acceptors (Lipinski definition) is 7. The Hall–Kier alpha value is -3.94. The van der Waals surface area contributed by atoms with Crippen molar-refractivity contribution in [1.82, 2.24) is 25.4 Å². The highest BCUT2D eigenvalue weighted by Gasteiger charge is 2.39. The Balaban J connectivity index is 1.51. The maximum atomic E-state index is 13.4. The Morgan fingerprint density at radius 2 is 1.70 bits per heavy atom. The first-order valence-electron chi connectivity index (χ1n) is 11.1. The molecule has 1 aromatic carbocycles. The second-order valence-corrected chi connectivity index (χ2v) is 10.1. The number of hydrogen-bond donors (Lipinski definition) is 2. The SMILES string of the molecule is CCS(=O)(=O)CCOc1ccc(C(=O)NCCNC(=O)c2cn(-c3ccccc3)nc2C(F)(F)F)cn1. The zero-order valence-corrected chi connectivity index (χ0v) is 20.5. The highest BCUT2D eigenvalue weighted by atomic mass is 32.2. The molecule has 37 heavy (non-hydrogen) atoms. The Bertz CT molecular complexity index is 1330. The fourth-order valence-electron chi connectivity index (χ4n) is 3.03. The highest BCUT2D eigenvalue weighted by Crippen LogP contribution is 2.31. The van der Waals surface area contributed by atoms with Crippen molar-refractivity contribution in [2.75, 3.05) is 31.2 Å². The number of carbonyl (C=O) groups is 2. The first-order valence-corrected chi connectivity index (χ1v) is 12.9. The fourth-order valence-corrected chi connectivity index (χ4v) is 3.66. The number of sulfone groups is 1. The lowest BCUT2D eigenvalue weighted by Crippen LogP contribution is -2.35. The molecule has 0 bridgehead atoms. The minimum absolute atomic E-state index is 0.00413. The molecule has 0 unspecified atom stereocenters. The predicted molar refractivity (Wildman–Crippen MR) is 127 cm³/mol. The molecular formula is C23H24F3N5O5S. The zero-order chi connectivity index (χ0) is 27.1. The van der Waals surface area contributed by atoms with Gasteiger partial charge < -0.3 is 15.4 Å². The summed E-state index contributed by atoms with van der Waals surface area (Å²) in [7, 11) is -3.18. The van der Waals surface area contributed by atoms with Crippen LogP contribution in [-0.2, 0) is 16.0 Å². The quantitative estimate of drug-likeness (QED) is 0.357. The molecule has 14 heteroatoms. The highest BCUT2D eigenvalue weighted by molar-refractivity contribution is 7.91. The third-order valence-corrected chi connectivity index (χ3v) is 6.70. The van der Waals surface area contributed by atoms with Gasteiger partial charge in [0.25, 0.3) is 11.8 Å². The Labute approximate surface area is 210 Å².